The molecule has 1 aromatic heterocycles. The average Bonchev–Trinajstić information content (AvgIpc) is 2.74. The van der Waals surface area contributed by atoms with Crippen molar-refractivity contribution in [2.45, 2.75) is 52.3 Å². The third-order valence-electron chi connectivity index (χ3n) is 2.90. The second-order valence-corrected chi connectivity index (χ2v) is 4.73. The maximum atomic E-state index is 5.55. The molecule has 0 saturated heterocycles. The fourth-order valence-electron chi connectivity index (χ4n) is 1.96. The normalized spacial score (nSPS) is 13.2. The van der Waals surface area contributed by atoms with Crippen molar-refractivity contribution in [1.29, 1.82) is 0 Å². The molecule has 3 nitrogen and oxygen atoms in total. The number of hydrogen-bond donors (Lipinski definition) is 1. The van der Waals surface area contributed by atoms with Crippen LogP contribution in [0, 0.1) is 0 Å². The van der Waals surface area contributed by atoms with Crippen LogP contribution in [0.5, 0.6) is 0 Å². The van der Waals surface area contributed by atoms with E-state index in [2.05, 4.69) is 49.1 Å². The predicted molar refractivity (Wildman–Crippen MR) is 72.2 cm³/mol. The summed E-state index contributed by atoms with van der Waals surface area (Å²) in [7, 11) is 2.03. The average molecular weight is 238 g/mol. The summed E-state index contributed by atoms with van der Waals surface area (Å²) < 4.78 is 7.76. The van der Waals surface area contributed by atoms with Crippen LogP contribution in [0.1, 0.15) is 45.2 Å². The summed E-state index contributed by atoms with van der Waals surface area (Å²) in [6, 6.07) is 2.68. The summed E-state index contributed by atoms with van der Waals surface area (Å²) in [4.78, 5) is 0. The van der Waals surface area contributed by atoms with Crippen LogP contribution in [0.4, 0.5) is 0 Å². The summed E-state index contributed by atoms with van der Waals surface area (Å²) in [6.07, 6.45) is 7.06. The fraction of sp³-hybridized carbons (Fsp3) is 0.714. The minimum atomic E-state index is 0.315. The lowest BCUT2D eigenvalue weighted by Gasteiger charge is -2.13. The van der Waals surface area contributed by atoms with E-state index in [0.717, 1.165) is 13.2 Å². The number of rotatable bonds is 8. The minimum Gasteiger partial charge on any atom is -0.377 e. The van der Waals surface area contributed by atoms with Crippen molar-refractivity contribution < 1.29 is 4.74 Å². The van der Waals surface area contributed by atoms with Crippen molar-refractivity contribution in [1.82, 2.24) is 9.88 Å². The molecule has 3 heteroatoms. The molecular weight excluding hydrogens is 212 g/mol. The van der Waals surface area contributed by atoms with Crippen molar-refractivity contribution in [2.75, 3.05) is 13.7 Å². The van der Waals surface area contributed by atoms with Gasteiger partial charge in [-0.1, -0.05) is 13.3 Å². The maximum absolute atomic E-state index is 5.55. The van der Waals surface area contributed by atoms with Crippen molar-refractivity contribution >= 4 is 0 Å². The first-order valence-corrected chi connectivity index (χ1v) is 6.62. The summed E-state index contributed by atoms with van der Waals surface area (Å²) in [6.45, 7) is 8.07. The SMILES string of the molecule is CCCC(NC)c1ccn(CCOC(C)C)c1. The molecule has 98 valence electrons. The highest BCUT2D eigenvalue weighted by Gasteiger charge is 2.09. The summed E-state index contributed by atoms with van der Waals surface area (Å²) >= 11 is 0. The van der Waals surface area contributed by atoms with Gasteiger partial charge >= 0.3 is 0 Å². The first-order chi connectivity index (χ1) is 8.17. The third kappa shape index (κ3) is 4.92. The van der Waals surface area contributed by atoms with Crippen molar-refractivity contribution in [3.05, 3.63) is 24.0 Å². The van der Waals surface area contributed by atoms with Gasteiger partial charge in [0.2, 0.25) is 0 Å². The Bertz CT molecular complexity index is 307. The van der Waals surface area contributed by atoms with E-state index in [0.29, 0.717) is 12.1 Å². The number of nitrogens with one attached hydrogen (secondary N) is 1. The Kier molecular flexibility index (Phi) is 6.30. The Morgan fingerprint density at radius 1 is 1.41 bits per heavy atom. The zero-order valence-electron chi connectivity index (χ0n) is 11.6. The van der Waals surface area contributed by atoms with E-state index < -0.39 is 0 Å². The van der Waals surface area contributed by atoms with E-state index in [4.69, 9.17) is 4.74 Å². The van der Waals surface area contributed by atoms with E-state index in [1.54, 1.807) is 0 Å². The molecule has 17 heavy (non-hydrogen) atoms. The summed E-state index contributed by atoms with van der Waals surface area (Å²) in [5.41, 5.74) is 1.37. The highest BCUT2D eigenvalue weighted by molar-refractivity contribution is 5.15. The molecule has 1 atom stereocenters. The van der Waals surface area contributed by atoms with Crippen LogP contribution >= 0.6 is 0 Å². The smallest absolute Gasteiger partial charge is 0.0648 e. The van der Waals surface area contributed by atoms with Gasteiger partial charge in [-0.05, 0) is 38.9 Å². The van der Waals surface area contributed by atoms with Crippen LogP contribution in [0.2, 0.25) is 0 Å². The Balaban J connectivity index is 2.46. The van der Waals surface area contributed by atoms with Crippen LogP contribution in [-0.4, -0.2) is 24.3 Å². The van der Waals surface area contributed by atoms with Gasteiger partial charge in [-0.3, -0.25) is 0 Å². The first-order valence-electron chi connectivity index (χ1n) is 6.62. The molecule has 1 aromatic rings. The summed E-state index contributed by atoms with van der Waals surface area (Å²) in [5.74, 6) is 0. The molecule has 0 aromatic carbocycles. The van der Waals surface area contributed by atoms with Crippen molar-refractivity contribution in [2.24, 2.45) is 0 Å². The molecule has 1 N–H and O–H groups in total. The fourth-order valence-corrected chi connectivity index (χ4v) is 1.96. The molecule has 0 radical (unpaired) electrons. The topological polar surface area (TPSA) is 26.2 Å². The van der Waals surface area contributed by atoms with E-state index in [-0.39, 0.29) is 0 Å². The maximum Gasteiger partial charge on any atom is 0.0648 e. The van der Waals surface area contributed by atoms with Crippen LogP contribution in [0.3, 0.4) is 0 Å². The second-order valence-electron chi connectivity index (χ2n) is 4.73. The van der Waals surface area contributed by atoms with Crippen LogP contribution < -0.4 is 5.32 Å². The third-order valence-corrected chi connectivity index (χ3v) is 2.90. The number of nitrogens with zero attached hydrogens (tertiary/aromatic N) is 1. The zero-order chi connectivity index (χ0) is 12.7. The molecule has 1 rings (SSSR count). The molecule has 1 heterocycles. The van der Waals surface area contributed by atoms with Gasteiger partial charge in [0, 0.05) is 25.0 Å². The van der Waals surface area contributed by atoms with Crippen LogP contribution in [0.15, 0.2) is 18.5 Å². The Labute approximate surface area is 105 Å². The predicted octanol–water partition coefficient (Wildman–Crippen LogP) is 2.97. The van der Waals surface area contributed by atoms with Gasteiger partial charge < -0.3 is 14.6 Å². The van der Waals surface area contributed by atoms with E-state index in [9.17, 15) is 0 Å². The lowest BCUT2D eigenvalue weighted by atomic mass is 10.1. The van der Waals surface area contributed by atoms with Gasteiger partial charge in [0.1, 0.15) is 0 Å². The van der Waals surface area contributed by atoms with E-state index >= 15 is 0 Å². The number of hydrogen-bond acceptors (Lipinski definition) is 2. The lowest BCUT2D eigenvalue weighted by Crippen LogP contribution is -2.15. The highest BCUT2D eigenvalue weighted by atomic mass is 16.5. The van der Waals surface area contributed by atoms with Gasteiger partial charge in [-0.15, -0.1) is 0 Å². The highest BCUT2D eigenvalue weighted by Crippen LogP contribution is 2.18. The molecular formula is C14H26N2O. The second kappa shape index (κ2) is 7.51. The van der Waals surface area contributed by atoms with Crippen LogP contribution in [0.25, 0.3) is 0 Å². The summed E-state index contributed by atoms with van der Waals surface area (Å²) in [5, 5.41) is 3.36. The quantitative estimate of drug-likeness (QED) is 0.753. The van der Waals surface area contributed by atoms with E-state index in [1.165, 1.54) is 18.4 Å². The zero-order valence-corrected chi connectivity index (χ0v) is 11.6. The Hall–Kier alpha value is -0.800. The molecule has 0 aliphatic carbocycles. The first kappa shape index (κ1) is 14.3. The monoisotopic (exact) mass is 238 g/mol. The molecule has 1 unspecified atom stereocenters. The van der Waals surface area contributed by atoms with Gasteiger partial charge in [0.25, 0.3) is 0 Å². The standard InChI is InChI=1S/C14H26N2O/c1-5-6-14(15-4)13-7-8-16(11-13)9-10-17-12(2)3/h7-8,11-12,14-15H,5-6,9-10H2,1-4H3. The molecule has 0 bridgehead atoms. The van der Waals surface area contributed by atoms with Gasteiger partial charge in [-0.25, -0.2) is 0 Å². The molecule has 0 fully saturated rings. The molecule has 0 aliphatic rings. The van der Waals surface area contributed by atoms with Crippen molar-refractivity contribution in [3.63, 3.8) is 0 Å². The number of ether oxygens (including phenoxy) is 1. The van der Waals surface area contributed by atoms with Gasteiger partial charge in [0.15, 0.2) is 0 Å². The number of aromatic nitrogens is 1. The Morgan fingerprint density at radius 2 is 2.18 bits per heavy atom. The molecule has 0 amide bonds. The molecule has 0 spiro atoms. The molecule has 0 saturated carbocycles. The largest absolute Gasteiger partial charge is 0.377 e. The van der Waals surface area contributed by atoms with Crippen LogP contribution in [-0.2, 0) is 11.3 Å². The lowest BCUT2D eigenvalue weighted by molar-refractivity contribution is 0.0728. The molecule has 0 aliphatic heterocycles. The minimum absolute atomic E-state index is 0.315. The Morgan fingerprint density at radius 3 is 2.76 bits per heavy atom. The van der Waals surface area contributed by atoms with Gasteiger partial charge in [0.05, 0.1) is 12.7 Å². The van der Waals surface area contributed by atoms with E-state index in [1.807, 2.05) is 7.05 Å². The van der Waals surface area contributed by atoms with Crippen molar-refractivity contribution in [3.8, 4) is 0 Å². The van der Waals surface area contributed by atoms with Gasteiger partial charge in [-0.2, -0.15) is 0 Å².